The molecule has 78 heavy (non-hydrogen) atoms. The molecule has 0 saturated heterocycles. The zero-order chi connectivity index (χ0) is 50.8. The van der Waals surface area contributed by atoms with Crippen LogP contribution >= 0.6 is 0 Å². The molecule has 6 aromatic carbocycles. The van der Waals surface area contributed by atoms with Crippen molar-refractivity contribution in [2.24, 2.45) is 0 Å². The van der Waals surface area contributed by atoms with Gasteiger partial charge in [0, 0.05) is 12.1 Å². The van der Waals surface area contributed by atoms with Gasteiger partial charge >= 0.3 is 411 Å². The van der Waals surface area contributed by atoms with E-state index >= 15 is 0 Å². The molecule has 0 amide bonds. The topological polar surface area (TPSA) is 358 Å². The molecular weight excluding hydrogens is 1230 g/mol. The Hall–Kier alpha value is 3.11. The van der Waals surface area contributed by atoms with Crippen LogP contribution in [0.3, 0.4) is 0 Å². The minimum Gasteiger partial charge on any atom is -0.545 e. The van der Waals surface area contributed by atoms with E-state index in [-0.39, 0.29) is 456 Å². The number of carbonyl (C=O) groups excluding carboxylic acids is 8. The minimum atomic E-state index is -1.68. The maximum absolute atomic E-state index is 11.6. The van der Waals surface area contributed by atoms with E-state index in [1.807, 2.05) is 0 Å². The molecule has 0 aromatic heterocycles. The standard InChI is InChI=1S/C50H36O20.8K/c51-43(52)31-3-27(4-32(15-31)44(53)54)21-67-39-11-25(12-40(19-39)68-22-28-5-33(45(55)56)16-34(6-28)46(57)58)1-2-26-13-41(69-23-29-7-35(47(59)60)17-36(8-29)48(61)62)20-42(14-26)70-24-30-9-37(49(63)64)18-38(10-30)50(65)66;;;;;;;;/h1-20H,21-24H2,(H,51,52)(H,53,54)(H,55,56)(H,57,58)(H,59,60)(H,61,62)(H,63,64)(H,65,66);;;;;;;;/q;8*+1/p-8/b2-1+;;;;;;;;. The van der Waals surface area contributed by atoms with Gasteiger partial charge in [0.2, 0.25) is 0 Å². The van der Waals surface area contributed by atoms with Gasteiger partial charge in [-0.05, 0) is 175 Å². The molecule has 356 valence electrons. The van der Waals surface area contributed by atoms with Crippen molar-refractivity contribution in [3.05, 3.63) is 187 Å². The maximum atomic E-state index is 11.6. The number of carboxylic acid groups (broad SMARTS) is 8. The van der Waals surface area contributed by atoms with E-state index in [0.717, 1.165) is 72.8 Å². The van der Waals surface area contributed by atoms with E-state index in [2.05, 4.69) is 0 Å². The van der Waals surface area contributed by atoms with Gasteiger partial charge in [-0.3, -0.25) is 0 Å². The van der Waals surface area contributed by atoms with Crippen LogP contribution in [0.5, 0.6) is 23.0 Å². The van der Waals surface area contributed by atoms with Crippen molar-refractivity contribution in [2.45, 2.75) is 26.4 Å². The Morgan fingerprint density at radius 1 is 0.256 bits per heavy atom. The van der Waals surface area contributed by atoms with Crippen LogP contribution in [0.4, 0.5) is 0 Å². The largest absolute Gasteiger partial charge is 1.00 e. The molecule has 0 unspecified atom stereocenters. The average molecular weight is 1260 g/mol. The number of rotatable bonds is 22. The second-order valence-electron chi connectivity index (χ2n) is 14.9. The first-order chi connectivity index (χ1) is 33.2. The fourth-order valence-corrected chi connectivity index (χ4v) is 6.62. The van der Waals surface area contributed by atoms with Gasteiger partial charge in [0.05, 0.1) is 47.8 Å². The molecule has 0 atom stereocenters. The summed E-state index contributed by atoms with van der Waals surface area (Å²) in [5.41, 5.74) is -2.92. The van der Waals surface area contributed by atoms with Crippen molar-refractivity contribution in [1.82, 2.24) is 0 Å². The monoisotopic (exact) mass is 1260 g/mol. The molecule has 6 aromatic rings. The van der Waals surface area contributed by atoms with Crippen molar-refractivity contribution >= 4 is 59.9 Å². The smallest absolute Gasteiger partial charge is 0.545 e. The summed E-state index contributed by atoms with van der Waals surface area (Å²) in [4.78, 5) is 92.8. The van der Waals surface area contributed by atoms with Gasteiger partial charge < -0.3 is 98.2 Å². The first kappa shape index (κ1) is 85.3. The SMILES string of the molecule is O=C([O-])c1cc(COc2cc(/C=C/c3cc(OCc4cc(C(=O)[O-])cc(C(=O)[O-])c4)cc(OCc4cc(C(=O)[O-])cc(C(=O)[O-])c4)c3)cc(OCc3cc(C(=O)[O-])cc(C(=O)[O-])c3)c2)cc(C(=O)[O-])c1.[K+].[K+].[K+].[K+].[K+].[K+].[K+].[K+]. The van der Waals surface area contributed by atoms with Crippen LogP contribution in [0.25, 0.3) is 12.2 Å². The predicted octanol–water partition coefficient (Wildman–Crippen LogP) is -26.9. The number of aromatic carboxylic acids is 8. The molecule has 0 spiro atoms. The number of ether oxygens (including phenoxy) is 4. The number of benzene rings is 6. The quantitative estimate of drug-likeness (QED) is 0.0450. The van der Waals surface area contributed by atoms with Gasteiger partial charge in [0.25, 0.3) is 0 Å². The third-order valence-electron chi connectivity index (χ3n) is 9.75. The van der Waals surface area contributed by atoms with Crippen molar-refractivity contribution in [3.63, 3.8) is 0 Å². The summed E-state index contributed by atoms with van der Waals surface area (Å²) in [7, 11) is 0. The van der Waals surface area contributed by atoms with Gasteiger partial charge in [-0.25, -0.2) is 0 Å². The zero-order valence-corrected chi connectivity index (χ0v) is 68.5. The Kier molecular flexibility index (Phi) is 46.1. The Labute approximate surface area is 785 Å². The Morgan fingerprint density at radius 2 is 0.410 bits per heavy atom. The Morgan fingerprint density at radius 3 is 0.551 bits per heavy atom. The van der Waals surface area contributed by atoms with Crippen LogP contribution in [-0.4, -0.2) is 47.8 Å². The Bertz CT molecular complexity index is 2650. The molecule has 0 aliphatic carbocycles. The molecule has 0 aliphatic rings. The van der Waals surface area contributed by atoms with Crippen molar-refractivity contribution in [2.75, 3.05) is 0 Å². The van der Waals surface area contributed by atoms with E-state index in [0.29, 0.717) is 11.1 Å². The normalized spacial score (nSPS) is 9.69. The summed E-state index contributed by atoms with van der Waals surface area (Å²) in [6.07, 6.45) is 3.01. The van der Waals surface area contributed by atoms with Gasteiger partial charge in [-0.1, -0.05) is 12.2 Å². The van der Waals surface area contributed by atoms with Gasteiger partial charge in [-0.2, -0.15) is 0 Å². The van der Waals surface area contributed by atoms with Gasteiger partial charge in [0.1, 0.15) is 49.4 Å². The molecule has 0 aliphatic heterocycles. The summed E-state index contributed by atoms with van der Waals surface area (Å²) < 4.78 is 23.6. The fraction of sp³-hybridized carbons (Fsp3) is 0.0800. The zero-order valence-electron chi connectivity index (χ0n) is 43.5. The van der Waals surface area contributed by atoms with Gasteiger partial charge in [-0.15, -0.1) is 0 Å². The van der Waals surface area contributed by atoms with Crippen molar-refractivity contribution < 1.29 is 509 Å². The molecule has 0 bridgehead atoms. The molecule has 0 radical (unpaired) electrons. The fourth-order valence-electron chi connectivity index (χ4n) is 6.62. The minimum absolute atomic E-state index is 0. The van der Waals surface area contributed by atoms with E-state index in [9.17, 15) is 79.2 Å². The molecule has 0 heterocycles. The first-order valence-corrected chi connectivity index (χ1v) is 20.0. The van der Waals surface area contributed by atoms with Crippen LogP contribution in [0.1, 0.15) is 116 Å². The average Bonchev–Trinajstić information content (AvgIpc) is 3.32. The molecule has 0 N–H and O–H groups in total. The summed E-state index contributed by atoms with van der Waals surface area (Å²) in [5, 5.41) is 92.8. The summed E-state index contributed by atoms with van der Waals surface area (Å²) in [6, 6.07) is 20.8. The summed E-state index contributed by atoms with van der Waals surface area (Å²) >= 11 is 0. The number of carbonyl (C=O) groups is 8. The van der Waals surface area contributed by atoms with Crippen LogP contribution in [0.15, 0.2) is 109 Å². The Balaban J connectivity index is -0.00000703. The summed E-state index contributed by atoms with van der Waals surface area (Å²) in [6.45, 7) is -1.65. The van der Waals surface area contributed by atoms with Crippen LogP contribution in [0.2, 0.25) is 0 Å². The van der Waals surface area contributed by atoms with E-state index in [1.165, 1.54) is 48.6 Å². The van der Waals surface area contributed by atoms with E-state index < -0.39 is 119 Å². The molecule has 28 heteroatoms. The van der Waals surface area contributed by atoms with Crippen LogP contribution < -0.4 is 471 Å². The number of hydrogen-bond donors (Lipinski definition) is 0. The summed E-state index contributed by atoms with van der Waals surface area (Å²) in [5.74, 6) is -13.3. The van der Waals surface area contributed by atoms with E-state index in [4.69, 9.17) is 18.9 Å². The maximum Gasteiger partial charge on any atom is 1.00 e. The first-order valence-electron chi connectivity index (χ1n) is 20.0. The van der Waals surface area contributed by atoms with Crippen molar-refractivity contribution in [1.29, 1.82) is 0 Å². The third kappa shape index (κ3) is 27.7. The van der Waals surface area contributed by atoms with Crippen LogP contribution in [-0.2, 0) is 26.4 Å². The van der Waals surface area contributed by atoms with Crippen LogP contribution in [0, 0.1) is 0 Å². The second-order valence-corrected chi connectivity index (χ2v) is 14.9. The predicted molar refractivity (Wildman–Crippen MR) is 220 cm³/mol. The molecule has 0 saturated carbocycles. The van der Waals surface area contributed by atoms with Crippen molar-refractivity contribution in [3.8, 4) is 23.0 Å². The number of hydrogen-bond acceptors (Lipinski definition) is 20. The third-order valence-corrected chi connectivity index (χ3v) is 9.75. The molecule has 20 nitrogen and oxygen atoms in total. The number of carboxylic acids is 8. The molecular formula is C50H28K8O20. The molecule has 0 fully saturated rings. The molecule has 6 rings (SSSR count). The van der Waals surface area contributed by atoms with Gasteiger partial charge in [0.15, 0.2) is 0 Å². The second kappa shape index (κ2) is 42.1. The van der Waals surface area contributed by atoms with E-state index in [1.54, 1.807) is 0 Å².